The molecule has 0 aromatic carbocycles. The summed E-state index contributed by atoms with van der Waals surface area (Å²) in [6.07, 6.45) is 0. The van der Waals surface area contributed by atoms with E-state index >= 15 is 0 Å². The second kappa shape index (κ2) is 7.63. The summed E-state index contributed by atoms with van der Waals surface area (Å²) in [5.41, 5.74) is 0. The van der Waals surface area contributed by atoms with E-state index in [9.17, 15) is 0 Å². The van der Waals surface area contributed by atoms with Gasteiger partial charge in [-0.2, -0.15) is 8.42 Å². The van der Waals surface area contributed by atoms with Crippen LogP contribution < -0.4 is 0 Å². The standard InChI is InChI=1S/CH2O2.ClH.H2O4S/c2-1-3;;1-5(2,3)4/h1H,(H,2,3);1H;(H2,1,2,3,4). The van der Waals surface area contributed by atoms with Gasteiger partial charge in [-0.25, -0.2) is 0 Å². The number of hydrogen-bond acceptors (Lipinski definition) is 3. The van der Waals surface area contributed by atoms with Crippen molar-refractivity contribution in [2.75, 3.05) is 0 Å². The van der Waals surface area contributed by atoms with Gasteiger partial charge in [0.15, 0.2) is 0 Å². The molecule has 0 aromatic rings. The summed E-state index contributed by atoms with van der Waals surface area (Å²) in [4.78, 5) is 8.36. The molecule has 0 rings (SSSR count). The minimum absolute atomic E-state index is 0. The molecule has 0 aliphatic rings. The van der Waals surface area contributed by atoms with Crippen LogP contribution in [0.1, 0.15) is 0 Å². The number of carbonyl (C=O) groups is 1. The zero-order chi connectivity index (χ0) is 7.21. The highest BCUT2D eigenvalue weighted by atomic mass is 35.5. The van der Waals surface area contributed by atoms with Gasteiger partial charge in [-0.05, 0) is 0 Å². The lowest BCUT2D eigenvalue weighted by atomic mass is 11.7. The Morgan fingerprint density at radius 2 is 1.22 bits per heavy atom. The summed E-state index contributed by atoms with van der Waals surface area (Å²) < 4.78 is 31.6. The highest BCUT2D eigenvalue weighted by Crippen LogP contribution is 1.59. The van der Waals surface area contributed by atoms with Gasteiger partial charge < -0.3 is 5.11 Å². The SMILES string of the molecule is Cl.O=CO.O=S(=O)(O)O. The first-order chi connectivity index (χ1) is 3.41. The molecule has 0 aliphatic carbocycles. The predicted molar refractivity (Wildman–Crippen MR) is 30.1 cm³/mol. The molecule has 0 amide bonds. The molecule has 0 unspecified atom stereocenters. The molecule has 0 saturated carbocycles. The van der Waals surface area contributed by atoms with Gasteiger partial charge in [-0.3, -0.25) is 13.9 Å². The molecular weight excluding hydrogens is 176 g/mol. The normalized spacial score (nSPS) is 7.78. The summed E-state index contributed by atoms with van der Waals surface area (Å²) in [6, 6.07) is 0. The van der Waals surface area contributed by atoms with E-state index in [1.165, 1.54) is 0 Å². The first-order valence-corrected chi connectivity index (χ1v) is 2.59. The summed E-state index contributed by atoms with van der Waals surface area (Å²) in [7, 11) is -4.67. The second-order valence-electron chi connectivity index (χ2n) is 0.553. The van der Waals surface area contributed by atoms with Gasteiger partial charge in [0, 0.05) is 0 Å². The molecule has 6 nitrogen and oxygen atoms in total. The van der Waals surface area contributed by atoms with Gasteiger partial charge in [0.25, 0.3) is 6.47 Å². The van der Waals surface area contributed by atoms with Crippen molar-refractivity contribution in [2.24, 2.45) is 0 Å². The molecule has 0 saturated heterocycles. The fourth-order valence-electron chi connectivity index (χ4n) is 0. The fourth-order valence-corrected chi connectivity index (χ4v) is 0. The van der Waals surface area contributed by atoms with Crippen LogP contribution >= 0.6 is 12.4 Å². The minimum Gasteiger partial charge on any atom is -0.483 e. The average molecular weight is 181 g/mol. The van der Waals surface area contributed by atoms with E-state index in [1.54, 1.807) is 0 Å². The Morgan fingerprint density at radius 3 is 1.22 bits per heavy atom. The predicted octanol–water partition coefficient (Wildman–Crippen LogP) is -0.530. The lowest BCUT2D eigenvalue weighted by molar-refractivity contribution is -0.122. The Kier molecular flexibility index (Phi) is 13.4. The van der Waals surface area contributed by atoms with Gasteiger partial charge in [0.1, 0.15) is 0 Å². The number of halogens is 1. The number of carboxylic acid groups (broad SMARTS) is 1. The largest absolute Gasteiger partial charge is 0.483 e. The van der Waals surface area contributed by atoms with E-state index in [0.29, 0.717) is 0 Å². The topological polar surface area (TPSA) is 112 Å². The van der Waals surface area contributed by atoms with E-state index in [0.717, 1.165) is 0 Å². The molecule has 3 N–H and O–H groups in total. The van der Waals surface area contributed by atoms with Crippen LogP contribution in [0, 0.1) is 0 Å². The van der Waals surface area contributed by atoms with Gasteiger partial charge in [-0.15, -0.1) is 12.4 Å². The van der Waals surface area contributed by atoms with Crippen molar-refractivity contribution in [3.05, 3.63) is 0 Å². The maximum absolute atomic E-state index is 8.74. The quantitative estimate of drug-likeness (QED) is 0.341. The molecule has 0 atom stereocenters. The van der Waals surface area contributed by atoms with Crippen LogP contribution in [-0.4, -0.2) is 29.1 Å². The summed E-state index contributed by atoms with van der Waals surface area (Å²) in [5, 5.41) is 6.89. The smallest absolute Gasteiger partial charge is 0.394 e. The average Bonchev–Trinajstić information content (AvgIpc) is 1.27. The Balaban J connectivity index is -0.0000000800. The molecule has 0 aromatic heterocycles. The van der Waals surface area contributed by atoms with Crippen LogP contribution in [-0.2, 0) is 15.2 Å². The van der Waals surface area contributed by atoms with Crippen molar-refractivity contribution in [3.63, 3.8) is 0 Å². The van der Waals surface area contributed by atoms with E-state index in [1.807, 2.05) is 0 Å². The van der Waals surface area contributed by atoms with Crippen LogP contribution in [0.5, 0.6) is 0 Å². The maximum Gasteiger partial charge on any atom is 0.394 e. The first-order valence-electron chi connectivity index (χ1n) is 1.19. The third-order valence-electron chi connectivity index (χ3n) is 0. The molecule has 58 valence electrons. The monoisotopic (exact) mass is 180 g/mol. The maximum atomic E-state index is 8.74. The van der Waals surface area contributed by atoms with Gasteiger partial charge in [0.05, 0.1) is 0 Å². The lowest BCUT2D eigenvalue weighted by Gasteiger charge is -1.68. The molecule has 0 radical (unpaired) electrons. The molecule has 9 heavy (non-hydrogen) atoms. The van der Waals surface area contributed by atoms with Gasteiger partial charge >= 0.3 is 10.4 Å². The highest BCUT2D eigenvalue weighted by molar-refractivity contribution is 7.79. The third-order valence-corrected chi connectivity index (χ3v) is 0. The van der Waals surface area contributed by atoms with Crippen molar-refractivity contribution in [2.45, 2.75) is 0 Å². The number of hydrogen-bond donors (Lipinski definition) is 3. The van der Waals surface area contributed by atoms with E-state index < -0.39 is 10.4 Å². The van der Waals surface area contributed by atoms with E-state index in [4.69, 9.17) is 27.4 Å². The Hall–Kier alpha value is -0.370. The Bertz CT molecular complexity index is 127. The highest BCUT2D eigenvalue weighted by Gasteiger charge is 1.84. The van der Waals surface area contributed by atoms with Crippen LogP contribution in [0.4, 0.5) is 0 Å². The van der Waals surface area contributed by atoms with Crippen LogP contribution in [0.15, 0.2) is 0 Å². The molecule has 0 bridgehead atoms. The molecule has 0 aliphatic heterocycles. The molecule has 8 heteroatoms. The zero-order valence-corrected chi connectivity index (χ0v) is 5.59. The van der Waals surface area contributed by atoms with Gasteiger partial charge in [0.2, 0.25) is 0 Å². The molecular formula is CH5ClO6S. The van der Waals surface area contributed by atoms with Crippen molar-refractivity contribution in [1.82, 2.24) is 0 Å². The van der Waals surface area contributed by atoms with Crippen LogP contribution in [0.3, 0.4) is 0 Å². The Labute approximate surface area is 57.5 Å². The summed E-state index contributed by atoms with van der Waals surface area (Å²) in [6.45, 7) is -0.250. The molecule has 0 fully saturated rings. The lowest BCUT2D eigenvalue weighted by Crippen LogP contribution is -1.89. The van der Waals surface area contributed by atoms with Crippen molar-refractivity contribution in [3.8, 4) is 0 Å². The van der Waals surface area contributed by atoms with E-state index in [2.05, 4.69) is 0 Å². The van der Waals surface area contributed by atoms with Crippen molar-refractivity contribution < 1.29 is 27.4 Å². The van der Waals surface area contributed by atoms with Crippen LogP contribution in [0.2, 0.25) is 0 Å². The Morgan fingerprint density at radius 1 is 1.22 bits per heavy atom. The van der Waals surface area contributed by atoms with Gasteiger partial charge in [-0.1, -0.05) is 0 Å². The van der Waals surface area contributed by atoms with Crippen molar-refractivity contribution >= 4 is 29.3 Å². The summed E-state index contributed by atoms with van der Waals surface area (Å²) >= 11 is 0. The molecule has 0 spiro atoms. The first kappa shape index (κ1) is 15.9. The summed E-state index contributed by atoms with van der Waals surface area (Å²) in [5.74, 6) is 0. The number of rotatable bonds is 0. The van der Waals surface area contributed by atoms with Crippen LogP contribution in [0.25, 0.3) is 0 Å². The third kappa shape index (κ3) is 1770. The van der Waals surface area contributed by atoms with E-state index in [-0.39, 0.29) is 18.9 Å². The van der Waals surface area contributed by atoms with Crippen molar-refractivity contribution in [1.29, 1.82) is 0 Å². The fraction of sp³-hybridized carbons (Fsp3) is 0. The molecule has 0 heterocycles. The second-order valence-corrected chi connectivity index (χ2v) is 1.45. The minimum atomic E-state index is -4.67. The zero-order valence-electron chi connectivity index (χ0n) is 3.96.